The summed E-state index contributed by atoms with van der Waals surface area (Å²) < 4.78 is 126. The summed E-state index contributed by atoms with van der Waals surface area (Å²) in [5, 5.41) is 32.8. The number of imidazole rings is 2. The molecule has 39 nitrogen and oxygen atoms in total. The molecule has 17 atom stereocenters. The van der Waals surface area contributed by atoms with Crippen molar-refractivity contribution in [2.45, 2.75) is 73.5 Å². The van der Waals surface area contributed by atoms with E-state index in [-0.39, 0.29) is 47.1 Å². The zero-order chi connectivity index (χ0) is 57.0. The third kappa shape index (κ3) is 12.7. The number of phosphoric acid groups is 4. The number of nitrogen functional groups attached to an aromatic ring is 2. The average molecular weight is 1210 g/mol. The third-order valence-corrected chi connectivity index (χ3v) is 19.9. The van der Waals surface area contributed by atoms with E-state index in [1.165, 1.54) is 29.6 Å². The lowest BCUT2D eigenvalue weighted by atomic mass is 9.95. The van der Waals surface area contributed by atoms with Crippen molar-refractivity contribution >= 4 is 73.0 Å². The van der Waals surface area contributed by atoms with Crippen molar-refractivity contribution in [1.29, 1.82) is 0 Å². The molecule has 0 bridgehead atoms. The van der Waals surface area contributed by atoms with Crippen LogP contribution >= 0.6 is 38.9 Å². The molecule has 0 amide bonds. The summed E-state index contributed by atoms with van der Waals surface area (Å²) in [5.74, 6) is -1.41. The van der Waals surface area contributed by atoms with Crippen LogP contribution in [0.2, 0.25) is 0 Å². The lowest BCUT2D eigenvalue weighted by Crippen LogP contribution is -2.45. The van der Waals surface area contributed by atoms with E-state index in [1.807, 2.05) is 4.98 Å². The first-order chi connectivity index (χ1) is 36.5. The molecule has 13 N–H and O–H groups in total. The fourth-order valence-corrected chi connectivity index (χ4v) is 15.5. The smallest absolute Gasteiger partial charge is 0.490 e. The topological polar surface area (TPSA) is 557 Å². The largest absolute Gasteiger partial charge is 0.778 e. The minimum absolute atomic E-state index is 0.00763. The number of phosphoric ester groups is 2. The van der Waals surface area contributed by atoms with Crippen LogP contribution < -0.4 is 37.7 Å². The number of ether oxygens (including phenoxy) is 5. The molecule has 8 heterocycles. The van der Waals surface area contributed by atoms with Crippen LogP contribution in [0.4, 0.5) is 11.8 Å². The highest BCUT2D eigenvalue weighted by atomic mass is 31.3. The summed E-state index contributed by atoms with van der Waals surface area (Å²) >= 11 is 0. The number of hydrogen-bond acceptors (Lipinski definition) is 29. The summed E-state index contributed by atoms with van der Waals surface area (Å²) in [6, 6.07) is 0.899. The molecular weight excluding hydrogens is 1160 g/mol. The summed E-state index contributed by atoms with van der Waals surface area (Å²) in [5.41, 5.74) is 6.86. The Bertz CT molecular complexity index is 3470. The molecule has 0 saturated carbocycles. The van der Waals surface area contributed by atoms with Gasteiger partial charge in [0.15, 0.2) is 30.2 Å². The maximum absolute atomic E-state index is 14.2. The second-order valence-electron chi connectivity index (χ2n) is 17.2. The van der Waals surface area contributed by atoms with Gasteiger partial charge in [-0.3, -0.25) is 42.3 Å². The molecule has 3 fully saturated rings. The Morgan fingerprint density at radius 2 is 1.41 bits per heavy atom. The van der Waals surface area contributed by atoms with Gasteiger partial charge in [0.25, 0.3) is 17.1 Å². The Labute approximate surface area is 434 Å². The molecule has 5 aromatic rings. The Morgan fingerprint density at radius 1 is 0.782 bits per heavy atom. The van der Waals surface area contributed by atoms with E-state index < -0.39 is 149 Å². The minimum atomic E-state index is -6.46. The van der Waals surface area contributed by atoms with Gasteiger partial charge in [0, 0.05) is 39.0 Å². The van der Waals surface area contributed by atoms with Crippen molar-refractivity contribution < 1.29 is 117 Å². The van der Waals surface area contributed by atoms with Gasteiger partial charge in [-0.1, -0.05) is 4.98 Å². The Hall–Kier alpha value is -4.43. The lowest BCUT2D eigenvalue weighted by Gasteiger charge is -2.35. The summed E-state index contributed by atoms with van der Waals surface area (Å²) in [7, 11) is -26.7. The molecule has 0 aliphatic carbocycles. The first kappa shape index (κ1) is 59.7. The standard InChI is InChI=1S/C34H49N12O27P5/c1-43-13-46(28-20(43)29(51)42-33(36)41-28)30-21(48)14(5-7-63-2)15(68-30)8-66-75(55,56)71-77(59,60)73-78(61,62)72-76(57,58)67-10-17-25(24(64-3)32(70-17)45-12-39-19-26(35)37-11-38-27(19)45)74(53,54)65-9-16-22(49)23(50)31(69-16)44-6-4-18(47)40-34(44)52/h4,6,11-17,21-25,30-32,48-50H,5,7-10H2,1-3H3,(H10-,35,36,37,38,40,41,42,47,51,52,53,54,55,56,57,58,59,60,61,62)/t14-,15-,16-,17?,21-,22-,23-,24-,25-,30-,31-,32-/m1/s1. The van der Waals surface area contributed by atoms with Crippen LogP contribution in [0.1, 0.15) is 25.1 Å². The number of aromatic nitrogens is 10. The molecule has 8 rings (SSSR count). The first-order valence-electron chi connectivity index (χ1n) is 22.2. The van der Waals surface area contributed by atoms with Gasteiger partial charge >= 0.3 is 42.6 Å². The van der Waals surface area contributed by atoms with Crippen molar-refractivity contribution in [1.82, 2.24) is 43.6 Å². The molecule has 0 aromatic carbocycles. The zero-order valence-corrected chi connectivity index (χ0v) is 44.6. The number of H-pyrrole nitrogens is 2. The number of methoxy groups -OCH3 is 2. The van der Waals surface area contributed by atoms with Crippen molar-refractivity contribution in [3.8, 4) is 0 Å². The number of nitrogens with one attached hydrogen (secondary N) is 2. The molecule has 5 aromatic heterocycles. The monoisotopic (exact) mass is 1210 g/mol. The Kier molecular flexibility index (Phi) is 17.5. The molecule has 3 aliphatic heterocycles. The number of fused-ring (bicyclic) bond motifs is 2. The highest BCUT2D eigenvalue weighted by Gasteiger charge is 2.55. The predicted molar refractivity (Wildman–Crippen MR) is 249 cm³/mol. The highest BCUT2D eigenvalue weighted by molar-refractivity contribution is 7.69. The number of nitrogens with zero attached hydrogens (tertiary/aromatic N) is 8. The van der Waals surface area contributed by atoms with Crippen molar-refractivity contribution in [2.24, 2.45) is 13.0 Å². The summed E-state index contributed by atoms with van der Waals surface area (Å²) in [6.07, 6.45) is -12.4. The van der Waals surface area contributed by atoms with E-state index in [4.69, 9.17) is 48.7 Å². The molecule has 0 radical (unpaired) electrons. The van der Waals surface area contributed by atoms with Gasteiger partial charge in [-0.25, -0.2) is 42.6 Å². The van der Waals surface area contributed by atoms with Crippen molar-refractivity contribution in [3.05, 3.63) is 62.4 Å². The number of aryl methyl sites for hydroxylation is 1. The van der Waals surface area contributed by atoms with E-state index in [2.05, 4.69) is 37.9 Å². The zero-order valence-electron chi connectivity index (χ0n) is 40.1. The second-order valence-corrected chi connectivity index (χ2v) is 25.4. The van der Waals surface area contributed by atoms with Crippen molar-refractivity contribution in [2.75, 3.05) is 52.1 Å². The fourth-order valence-electron chi connectivity index (χ4n) is 8.82. The highest BCUT2D eigenvalue weighted by Crippen LogP contribution is 2.72. The van der Waals surface area contributed by atoms with Crippen LogP contribution in [-0.4, -0.2) is 168 Å². The number of aromatic amines is 2. The molecule has 78 heavy (non-hydrogen) atoms. The van der Waals surface area contributed by atoms with Gasteiger partial charge < -0.3 is 84.0 Å². The van der Waals surface area contributed by atoms with E-state index in [1.54, 1.807) is 0 Å². The Balaban J connectivity index is 0.939. The number of rotatable bonds is 23. The van der Waals surface area contributed by atoms with Crippen LogP contribution in [-0.2, 0) is 80.1 Å². The average Bonchev–Trinajstić information content (AvgIpc) is 4.23. The molecule has 44 heteroatoms. The van der Waals surface area contributed by atoms with Gasteiger partial charge in [0.05, 0.1) is 51.1 Å². The molecule has 432 valence electrons. The Morgan fingerprint density at radius 3 is 2.05 bits per heavy atom. The normalized spacial score (nSPS) is 30.5. The minimum Gasteiger partial charge on any atom is -0.778 e. The number of hydrogen-bond donors (Lipinski definition) is 11. The van der Waals surface area contributed by atoms with Gasteiger partial charge in [-0.05, 0) is 6.42 Å². The van der Waals surface area contributed by atoms with E-state index in [0.29, 0.717) is 4.57 Å². The quantitative estimate of drug-likeness (QED) is 0.0219. The van der Waals surface area contributed by atoms with Gasteiger partial charge in [0.1, 0.15) is 50.0 Å². The van der Waals surface area contributed by atoms with Crippen LogP contribution in [0.25, 0.3) is 22.3 Å². The van der Waals surface area contributed by atoms with E-state index >= 15 is 0 Å². The maximum atomic E-state index is 14.2. The van der Waals surface area contributed by atoms with Crippen molar-refractivity contribution in [3.63, 3.8) is 0 Å². The van der Waals surface area contributed by atoms with Gasteiger partial charge in [-0.15, -0.1) is 0 Å². The molecule has 0 spiro atoms. The first-order valence-corrected chi connectivity index (χ1v) is 29.8. The molecule has 6 unspecified atom stereocenters. The number of aliphatic hydroxyl groups is 3. The fraction of sp³-hybridized carbons (Fsp3) is 0.588. The van der Waals surface area contributed by atoms with E-state index in [9.17, 15) is 77.0 Å². The van der Waals surface area contributed by atoms with Crippen LogP contribution in [0.3, 0.4) is 0 Å². The van der Waals surface area contributed by atoms with Crippen LogP contribution in [0, 0.1) is 5.92 Å². The van der Waals surface area contributed by atoms with Crippen LogP contribution in [0.15, 0.2) is 45.6 Å². The number of aliphatic hydroxyl groups excluding tert-OH is 3. The summed E-state index contributed by atoms with van der Waals surface area (Å²) in [6.45, 7) is -3.54. The van der Waals surface area contributed by atoms with Crippen LogP contribution in [0.5, 0.6) is 0 Å². The lowest BCUT2D eigenvalue weighted by molar-refractivity contribution is -0.745. The third-order valence-electron chi connectivity index (χ3n) is 12.2. The maximum Gasteiger partial charge on any atom is 0.490 e. The number of anilines is 2. The molecular formula is C34H49N12O27P5. The van der Waals surface area contributed by atoms with Gasteiger partial charge in [-0.2, -0.15) is 12.9 Å². The SMILES string of the molecule is COCC[C@H]1[C@@H](O)[C@H]([n+]2cn(C)c3c(=O)[nH]c(N)nc32)O[C@@H]1COP(=O)(O)OP(=O)(O)OP(=O)(O)OP(=O)(O)OCC1O[C@@H](n2cnc3c(N)ncnc32)[C@H](OC)[C@@H]1P(=O)([O-])OC[C@H]1O[C@@H](n2ccc(=O)[nH]c2=O)[C@H](O)[C@@H]1O. The summed E-state index contributed by atoms with van der Waals surface area (Å²) in [4.78, 5) is 113. The second kappa shape index (κ2) is 22.8. The predicted octanol–water partition coefficient (Wildman–Crippen LogP) is -4.03. The molecule has 3 aliphatic rings. The molecule has 3 saturated heterocycles. The number of nitrogens with two attached hydrogens (primary N) is 2. The van der Waals surface area contributed by atoms with Gasteiger partial charge in [0.2, 0.25) is 11.7 Å². The van der Waals surface area contributed by atoms with E-state index in [0.717, 1.165) is 36.6 Å².